The number of methoxy groups -OCH3 is 1. The van der Waals surface area contributed by atoms with E-state index in [4.69, 9.17) is 35.3 Å². The average molecular weight is 490 g/mol. The number of alkyl halides is 3. The molecule has 0 aliphatic heterocycles. The molecule has 0 fully saturated rings. The predicted molar refractivity (Wildman–Crippen MR) is 115 cm³/mol. The highest BCUT2D eigenvalue weighted by atomic mass is 35.5. The van der Waals surface area contributed by atoms with Gasteiger partial charge in [-0.2, -0.15) is 13.2 Å². The maximum absolute atomic E-state index is 12.9. The molecule has 0 spiro atoms. The van der Waals surface area contributed by atoms with E-state index in [1.54, 1.807) is 26.2 Å². The molecule has 0 aliphatic rings. The lowest BCUT2D eigenvalue weighted by Crippen LogP contribution is -2.10. The number of hydrogen-bond acceptors (Lipinski definition) is 7. The van der Waals surface area contributed by atoms with E-state index in [-0.39, 0.29) is 29.9 Å². The highest BCUT2D eigenvalue weighted by Crippen LogP contribution is 2.36. The van der Waals surface area contributed by atoms with Gasteiger partial charge >= 0.3 is 12.1 Å². The summed E-state index contributed by atoms with van der Waals surface area (Å²) in [6.45, 7) is 3.31. The van der Waals surface area contributed by atoms with Gasteiger partial charge in [-0.15, -0.1) is 0 Å². The van der Waals surface area contributed by atoms with Gasteiger partial charge in [0.25, 0.3) is 0 Å². The van der Waals surface area contributed by atoms with Crippen LogP contribution in [0.15, 0.2) is 36.5 Å². The molecule has 11 heteroatoms. The van der Waals surface area contributed by atoms with Crippen molar-refractivity contribution < 1.29 is 41.7 Å². The number of rotatable bonds is 12. The van der Waals surface area contributed by atoms with Crippen LogP contribution < -0.4 is 9.47 Å². The summed E-state index contributed by atoms with van der Waals surface area (Å²) < 4.78 is 64.9. The third-order valence-corrected chi connectivity index (χ3v) is 4.21. The lowest BCUT2D eigenvalue weighted by Gasteiger charge is -2.13. The highest BCUT2D eigenvalue weighted by Gasteiger charge is 2.31. The molecule has 0 atom stereocenters. The Morgan fingerprint density at radius 3 is 2.58 bits per heavy atom. The van der Waals surface area contributed by atoms with Gasteiger partial charge in [-0.3, -0.25) is 0 Å². The number of benzene rings is 1. The van der Waals surface area contributed by atoms with E-state index < -0.39 is 17.7 Å². The van der Waals surface area contributed by atoms with Gasteiger partial charge in [0, 0.05) is 31.0 Å². The molecule has 1 aromatic heterocycles. The summed E-state index contributed by atoms with van der Waals surface area (Å²) in [6.07, 6.45) is -1.35. The van der Waals surface area contributed by atoms with Gasteiger partial charge in [-0.05, 0) is 31.2 Å². The van der Waals surface area contributed by atoms with Crippen molar-refractivity contribution in [2.75, 3.05) is 40.1 Å². The Balaban J connectivity index is 2.23. The number of carbonyl (C=O) groups is 1. The minimum absolute atomic E-state index is 0.155. The van der Waals surface area contributed by atoms with Crippen molar-refractivity contribution in [2.45, 2.75) is 13.1 Å². The number of esters is 1. The zero-order valence-corrected chi connectivity index (χ0v) is 18.7. The van der Waals surface area contributed by atoms with Crippen molar-refractivity contribution in [3.63, 3.8) is 0 Å². The molecule has 0 saturated carbocycles. The van der Waals surface area contributed by atoms with Crippen molar-refractivity contribution >= 4 is 23.6 Å². The Labute approximate surface area is 194 Å². The monoisotopic (exact) mass is 489 g/mol. The van der Waals surface area contributed by atoms with Crippen molar-refractivity contribution in [3.05, 3.63) is 52.7 Å². The maximum atomic E-state index is 12.9. The van der Waals surface area contributed by atoms with Crippen molar-refractivity contribution in [3.8, 4) is 17.4 Å². The summed E-state index contributed by atoms with van der Waals surface area (Å²) in [5, 5.41) is -0.331. The van der Waals surface area contributed by atoms with Gasteiger partial charge in [0.15, 0.2) is 0 Å². The third-order valence-electron chi connectivity index (χ3n) is 3.94. The van der Waals surface area contributed by atoms with Crippen LogP contribution in [0.1, 0.15) is 18.1 Å². The quantitative estimate of drug-likeness (QED) is 0.231. The first kappa shape index (κ1) is 26.4. The maximum Gasteiger partial charge on any atom is 0.417 e. The van der Waals surface area contributed by atoms with E-state index in [0.717, 1.165) is 6.07 Å². The molecule has 0 amide bonds. The Kier molecular flexibility index (Phi) is 10.4. The Morgan fingerprint density at radius 2 is 1.91 bits per heavy atom. The molecular formula is C22H23ClF3NO6. The molecule has 7 nitrogen and oxygen atoms in total. The number of hydrogen-bond donors (Lipinski definition) is 0. The van der Waals surface area contributed by atoms with Crippen LogP contribution in [-0.4, -0.2) is 51.1 Å². The largest absolute Gasteiger partial charge is 0.491 e. The smallest absolute Gasteiger partial charge is 0.417 e. The lowest BCUT2D eigenvalue weighted by atomic mass is 10.1. The topological polar surface area (TPSA) is 76.1 Å². The number of ether oxygens (including phenoxy) is 5. The van der Waals surface area contributed by atoms with Gasteiger partial charge in [0.2, 0.25) is 5.88 Å². The second-order valence-corrected chi connectivity index (χ2v) is 6.76. The van der Waals surface area contributed by atoms with Crippen LogP contribution in [0.2, 0.25) is 5.02 Å². The summed E-state index contributed by atoms with van der Waals surface area (Å²) in [5.74, 6) is -0.252. The summed E-state index contributed by atoms with van der Waals surface area (Å²) in [6, 6.07) is 5.45. The van der Waals surface area contributed by atoms with E-state index in [9.17, 15) is 18.0 Å². The van der Waals surface area contributed by atoms with Gasteiger partial charge in [-0.1, -0.05) is 11.6 Å². The Hall–Kier alpha value is -2.82. The molecule has 2 rings (SSSR count). The van der Waals surface area contributed by atoms with Crippen LogP contribution in [0, 0.1) is 0 Å². The van der Waals surface area contributed by atoms with Crippen LogP contribution in [-0.2, 0) is 25.2 Å². The first-order chi connectivity index (χ1) is 15.7. The summed E-state index contributed by atoms with van der Waals surface area (Å²) in [7, 11) is 1.57. The first-order valence-corrected chi connectivity index (χ1v) is 10.2. The molecule has 0 radical (unpaired) electrons. The van der Waals surface area contributed by atoms with Crippen LogP contribution in [0.25, 0.3) is 6.08 Å². The molecule has 180 valence electrons. The lowest BCUT2D eigenvalue weighted by molar-refractivity contribution is -0.138. The van der Waals surface area contributed by atoms with E-state index >= 15 is 0 Å². The molecular weight excluding hydrogens is 467 g/mol. The Morgan fingerprint density at radius 1 is 1.15 bits per heavy atom. The molecule has 0 aliphatic carbocycles. The number of carbonyl (C=O) groups excluding carboxylic acids is 1. The van der Waals surface area contributed by atoms with Gasteiger partial charge in [-0.25, -0.2) is 9.78 Å². The highest BCUT2D eigenvalue weighted by molar-refractivity contribution is 6.31. The summed E-state index contributed by atoms with van der Waals surface area (Å²) >= 11 is 5.95. The van der Waals surface area contributed by atoms with Gasteiger partial charge < -0.3 is 23.7 Å². The Bertz CT molecular complexity index is 952. The SMILES string of the molecule is CCOC(=O)C=Cc1ccc(OCCOCCOC)cc1Oc1ncc(C(F)(F)F)cc1Cl. The standard InChI is InChI=1S/C22H23ClF3NO6/c1-3-31-20(28)7-5-15-4-6-17(32-11-10-30-9-8-29-2)13-19(15)33-21-18(23)12-16(14-27-21)22(24,25)26/h4-7,12-14H,3,8-11H2,1-2H3. The zero-order chi connectivity index (χ0) is 24.3. The number of halogens is 4. The van der Waals surface area contributed by atoms with Crippen LogP contribution in [0.4, 0.5) is 13.2 Å². The number of nitrogens with zero attached hydrogens (tertiary/aromatic N) is 1. The fourth-order valence-electron chi connectivity index (χ4n) is 2.40. The molecule has 0 N–H and O–H groups in total. The van der Waals surface area contributed by atoms with Crippen molar-refractivity contribution in [1.82, 2.24) is 4.98 Å². The molecule has 0 saturated heterocycles. The second-order valence-electron chi connectivity index (χ2n) is 6.35. The van der Waals surface area contributed by atoms with E-state index in [0.29, 0.717) is 37.3 Å². The average Bonchev–Trinajstić information content (AvgIpc) is 2.76. The van der Waals surface area contributed by atoms with Crippen molar-refractivity contribution in [1.29, 1.82) is 0 Å². The molecule has 1 aromatic carbocycles. The van der Waals surface area contributed by atoms with Crippen LogP contribution in [0.5, 0.6) is 17.4 Å². The van der Waals surface area contributed by atoms with Gasteiger partial charge in [0.05, 0.1) is 32.0 Å². The van der Waals surface area contributed by atoms with Crippen LogP contribution in [0.3, 0.4) is 0 Å². The minimum Gasteiger partial charge on any atom is -0.491 e. The molecule has 33 heavy (non-hydrogen) atoms. The molecule has 1 heterocycles. The first-order valence-electron chi connectivity index (χ1n) is 9.83. The fourth-order valence-corrected chi connectivity index (χ4v) is 2.61. The normalized spacial score (nSPS) is 11.6. The third kappa shape index (κ3) is 8.91. The van der Waals surface area contributed by atoms with E-state index in [2.05, 4.69) is 4.98 Å². The van der Waals surface area contributed by atoms with E-state index in [1.807, 2.05) is 0 Å². The zero-order valence-electron chi connectivity index (χ0n) is 18.0. The summed E-state index contributed by atoms with van der Waals surface area (Å²) in [5.41, 5.74) is -0.586. The number of pyridine rings is 1. The molecule has 0 bridgehead atoms. The number of aromatic nitrogens is 1. The molecule has 0 unspecified atom stereocenters. The second kappa shape index (κ2) is 13.0. The van der Waals surface area contributed by atoms with Crippen molar-refractivity contribution in [2.24, 2.45) is 0 Å². The fraction of sp³-hybridized carbons (Fsp3) is 0.364. The predicted octanol–water partition coefficient (Wildman–Crippen LogP) is 5.16. The van der Waals surface area contributed by atoms with Crippen LogP contribution >= 0.6 is 11.6 Å². The minimum atomic E-state index is -4.60. The van der Waals surface area contributed by atoms with Gasteiger partial charge in [0.1, 0.15) is 23.1 Å². The van der Waals surface area contributed by atoms with E-state index in [1.165, 1.54) is 18.2 Å². The molecule has 2 aromatic rings. The summed E-state index contributed by atoms with van der Waals surface area (Å²) in [4.78, 5) is 15.3.